The molecule has 7 heterocycles. The third kappa shape index (κ3) is 8.40. The number of nitrogens with zero attached hydrogens (tertiary/aromatic N) is 6. The molecule has 0 saturated carbocycles. The van der Waals surface area contributed by atoms with Crippen molar-refractivity contribution < 1.29 is 0 Å². The molecule has 0 atom stereocenters. The van der Waals surface area contributed by atoms with Crippen molar-refractivity contribution in [3.63, 3.8) is 0 Å². The molecule has 0 bridgehead atoms. The molecule has 0 radical (unpaired) electrons. The van der Waals surface area contributed by atoms with Crippen LogP contribution in [0.5, 0.6) is 0 Å². The molecule has 12 aromatic carbocycles. The Morgan fingerprint density at radius 2 is 0.594 bits per heavy atom. The lowest BCUT2D eigenvalue weighted by molar-refractivity contribution is 0.591. The number of hydrogen-bond acceptors (Lipinski definition) is 2. The van der Waals surface area contributed by atoms with Gasteiger partial charge in [-0.25, -0.2) is 0 Å². The lowest BCUT2D eigenvalue weighted by Crippen LogP contribution is -2.70. The number of fused-ring (bicyclic) bond motifs is 22. The molecule has 0 saturated heterocycles. The van der Waals surface area contributed by atoms with E-state index in [0.29, 0.717) is 5.56 Å². The van der Waals surface area contributed by atoms with Crippen LogP contribution in [0, 0.1) is 11.3 Å². The van der Waals surface area contributed by atoms with Gasteiger partial charge >= 0.3 is 0 Å². The maximum Gasteiger partial charge on any atom is 0.183 e. The summed E-state index contributed by atoms with van der Waals surface area (Å²) in [5.74, 6) is 0. The zero-order valence-corrected chi connectivity index (χ0v) is 60.4. The first-order chi connectivity index (χ1) is 48.7. The minimum Gasteiger partial charge on any atom is -0.306 e. The van der Waals surface area contributed by atoms with E-state index in [0.717, 1.165) is 132 Å². The third-order valence-corrected chi connectivity index (χ3v) is 27.6. The van der Waals surface area contributed by atoms with E-state index in [1.54, 1.807) is 0 Å². The van der Waals surface area contributed by atoms with Crippen LogP contribution >= 0.6 is 0 Å². The van der Waals surface area contributed by atoms with Gasteiger partial charge in [0.1, 0.15) is 11.6 Å². The van der Waals surface area contributed by atoms with E-state index in [9.17, 15) is 5.26 Å². The van der Waals surface area contributed by atoms with Gasteiger partial charge in [-0.05, 0) is 160 Å². The standard InChI is InChI=1S/C94H78N6Si/c1-91(2,3)56-42-46-76-67(51-56)60-27-13-19-34-72(60)97(76)87-71(55-95)88(98-73-35-20-14-28-61(73)68-52-57(92(4,5)6)43-47-77(68)98)90(100-75-37-22-16-30-63(75)70-54-59(94(10,11)12)45-49-79(70)100)85(89(87)99-74-36-21-15-29-62(74)69-53-58(93(7,8)9)44-48-78(69)99)66-33-25-40-82-84(66)86-83(41-26-50-96-86)101(82)80-38-23-17-31-64(80)65-32-18-24-39-81(65)101/h13-54H,1-12H3. The van der Waals surface area contributed by atoms with Gasteiger partial charge in [0, 0.05) is 60.4 Å². The molecule has 19 rings (SSSR count). The first-order valence-corrected chi connectivity index (χ1v) is 37.8. The van der Waals surface area contributed by atoms with Crippen LogP contribution in [0.3, 0.4) is 0 Å². The SMILES string of the molecule is CC(C)(C)c1ccc2c(c1)c1ccccc1n2-c1c(C#N)c(-n2c3ccccc3c3cc(C(C)(C)C)ccc32)c(-n2c3ccccc3c3cc(C(C)(C)C)ccc32)c(-c2cccc3c2-c2ncccc2[Si]32c3ccccc3-c3ccccc32)c1-n1c2ccccc2c2cc(C(C)(C)C)ccc21. The molecule has 5 aromatic heterocycles. The Bertz CT molecular complexity index is 6180. The molecule has 2 aliphatic rings. The summed E-state index contributed by atoms with van der Waals surface area (Å²) in [4.78, 5) is 5.76. The minimum absolute atomic E-state index is 0.157. The van der Waals surface area contributed by atoms with E-state index in [1.807, 2.05) is 6.20 Å². The highest BCUT2D eigenvalue weighted by Gasteiger charge is 2.55. The zero-order valence-electron chi connectivity index (χ0n) is 59.4. The van der Waals surface area contributed by atoms with E-state index < -0.39 is 8.07 Å². The quantitative estimate of drug-likeness (QED) is 0.161. The molecular weight excluding hydrogens is 1240 g/mol. The zero-order chi connectivity index (χ0) is 69.1. The average Bonchev–Trinajstić information content (AvgIpc) is 1.52. The minimum atomic E-state index is -3.18. The van der Waals surface area contributed by atoms with Gasteiger partial charge in [-0.2, -0.15) is 5.26 Å². The van der Waals surface area contributed by atoms with Crippen LogP contribution in [0.1, 0.15) is 111 Å². The van der Waals surface area contributed by atoms with Crippen molar-refractivity contribution in [3.05, 3.63) is 283 Å². The number of para-hydroxylation sites is 4. The van der Waals surface area contributed by atoms with Gasteiger partial charge in [-0.15, -0.1) is 0 Å². The summed E-state index contributed by atoms with van der Waals surface area (Å²) in [6, 6.07) is 97.9. The summed E-state index contributed by atoms with van der Waals surface area (Å²) in [5.41, 5.74) is 23.1. The highest BCUT2D eigenvalue weighted by Crippen LogP contribution is 2.55. The first kappa shape index (κ1) is 60.8. The fourth-order valence-electron chi connectivity index (χ4n) is 17.8. The number of rotatable bonds is 5. The van der Waals surface area contributed by atoms with E-state index in [-0.39, 0.29) is 21.7 Å². The van der Waals surface area contributed by atoms with Crippen LogP contribution in [-0.2, 0) is 21.7 Å². The van der Waals surface area contributed by atoms with Crippen molar-refractivity contribution in [1.82, 2.24) is 23.3 Å². The second-order valence-corrected chi connectivity index (χ2v) is 36.2. The fraction of sp³-hybridized carbons (Fsp3) is 0.170. The highest BCUT2D eigenvalue weighted by molar-refractivity contribution is 7.24. The summed E-state index contributed by atoms with van der Waals surface area (Å²) in [7, 11) is -3.18. The Labute approximate surface area is 590 Å². The van der Waals surface area contributed by atoms with Crippen molar-refractivity contribution in [2.45, 2.75) is 105 Å². The fourth-order valence-corrected chi connectivity index (χ4v) is 23.4. The van der Waals surface area contributed by atoms with Crippen LogP contribution in [0.25, 0.3) is 143 Å². The lowest BCUT2D eigenvalue weighted by Gasteiger charge is -2.31. The van der Waals surface area contributed by atoms with Gasteiger partial charge in [-0.3, -0.25) is 4.98 Å². The van der Waals surface area contributed by atoms with E-state index >= 15 is 0 Å². The van der Waals surface area contributed by atoms with Crippen LogP contribution < -0.4 is 20.7 Å². The van der Waals surface area contributed by atoms with Crippen molar-refractivity contribution in [1.29, 1.82) is 5.26 Å². The third-order valence-electron chi connectivity index (χ3n) is 22.7. The molecule has 0 unspecified atom stereocenters. The van der Waals surface area contributed by atoms with Crippen LogP contribution in [0.4, 0.5) is 0 Å². The van der Waals surface area contributed by atoms with Crippen molar-refractivity contribution in [2.75, 3.05) is 0 Å². The number of aromatic nitrogens is 5. The van der Waals surface area contributed by atoms with Gasteiger partial charge in [-0.1, -0.05) is 253 Å². The normalized spacial score (nSPS) is 13.6. The molecule has 0 amide bonds. The second kappa shape index (κ2) is 21.1. The molecular formula is C94H78N6Si. The Hall–Kier alpha value is -11.3. The molecule has 2 aliphatic heterocycles. The highest BCUT2D eigenvalue weighted by atomic mass is 28.3. The van der Waals surface area contributed by atoms with Crippen LogP contribution in [0.15, 0.2) is 255 Å². The summed E-state index contributed by atoms with van der Waals surface area (Å²) in [5, 5.41) is 28.1. The van der Waals surface area contributed by atoms with Crippen molar-refractivity contribution >= 4 is 116 Å². The smallest absolute Gasteiger partial charge is 0.183 e. The first-order valence-electron chi connectivity index (χ1n) is 35.8. The largest absolute Gasteiger partial charge is 0.306 e. The van der Waals surface area contributed by atoms with E-state index in [1.165, 1.54) is 54.1 Å². The van der Waals surface area contributed by atoms with Gasteiger partial charge in [0.25, 0.3) is 0 Å². The summed E-state index contributed by atoms with van der Waals surface area (Å²) in [6.45, 7) is 27.7. The van der Waals surface area contributed by atoms with Crippen molar-refractivity contribution in [3.8, 4) is 62.3 Å². The van der Waals surface area contributed by atoms with Crippen LogP contribution in [0.2, 0.25) is 0 Å². The van der Waals surface area contributed by atoms with Crippen LogP contribution in [-0.4, -0.2) is 31.3 Å². The lowest BCUT2D eigenvalue weighted by atomic mass is 9.86. The molecule has 1 spiro atoms. The molecule has 7 heteroatoms. The predicted molar refractivity (Wildman–Crippen MR) is 428 cm³/mol. The summed E-state index contributed by atoms with van der Waals surface area (Å²) in [6.07, 6.45) is 2.02. The van der Waals surface area contributed by atoms with Gasteiger partial charge in [0.15, 0.2) is 8.07 Å². The molecule has 101 heavy (non-hydrogen) atoms. The van der Waals surface area contributed by atoms with E-state index in [4.69, 9.17) is 4.98 Å². The van der Waals surface area contributed by atoms with Crippen molar-refractivity contribution in [2.24, 2.45) is 0 Å². The Kier molecular flexibility index (Phi) is 12.7. The molecule has 488 valence electrons. The molecule has 6 nitrogen and oxygen atoms in total. The summed E-state index contributed by atoms with van der Waals surface area (Å²) >= 11 is 0. The Balaban J connectivity index is 1.15. The molecule has 17 aromatic rings. The van der Waals surface area contributed by atoms with Gasteiger partial charge in [0.2, 0.25) is 0 Å². The Morgan fingerprint density at radius 1 is 0.287 bits per heavy atom. The maximum absolute atomic E-state index is 13.7. The summed E-state index contributed by atoms with van der Waals surface area (Å²) < 4.78 is 10.1. The second-order valence-electron chi connectivity index (χ2n) is 32.6. The monoisotopic (exact) mass is 1320 g/mol. The number of benzene rings is 12. The number of pyridine rings is 1. The topological polar surface area (TPSA) is 56.4 Å². The maximum atomic E-state index is 13.7. The van der Waals surface area contributed by atoms with Gasteiger partial charge < -0.3 is 18.3 Å². The molecule has 0 N–H and O–H groups in total. The average molecular weight is 1320 g/mol. The van der Waals surface area contributed by atoms with E-state index in [2.05, 4.69) is 356 Å². The molecule has 0 aliphatic carbocycles. The number of hydrogen-bond donors (Lipinski definition) is 0. The molecule has 0 fully saturated rings. The van der Waals surface area contributed by atoms with Gasteiger partial charge in [0.05, 0.1) is 72.6 Å². The predicted octanol–water partition coefficient (Wildman–Crippen LogP) is 21.5. The Morgan fingerprint density at radius 3 is 0.960 bits per heavy atom. The number of nitriles is 1.